The van der Waals surface area contributed by atoms with E-state index in [2.05, 4.69) is 13.8 Å². The van der Waals surface area contributed by atoms with Crippen molar-refractivity contribution in [2.24, 2.45) is 11.3 Å². The van der Waals surface area contributed by atoms with Gasteiger partial charge in [-0.1, -0.05) is 13.8 Å². The Balaban J connectivity index is 2.20. The molecule has 0 N–H and O–H groups in total. The van der Waals surface area contributed by atoms with Gasteiger partial charge in [0.05, 0.1) is 13.7 Å². The Morgan fingerprint density at radius 1 is 1.46 bits per heavy atom. The number of esters is 1. The van der Waals surface area contributed by atoms with Crippen molar-refractivity contribution in [3.05, 3.63) is 0 Å². The number of hydrogen-bond donors (Lipinski definition) is 0. The first-order valence-electron chi connectivity index (χ1n) is 4.81. The van der Waals surface area contributed by atoms with E-state index in [1.165, 1.54) is 7.11 Å². The van der Waals surface area contributed by atoms with Gasteiger partial charge in [-0.15, -0.1) is 0 Å². The van der Waals surface area contributed by atoms with Gasteiger partial charge in [0, 0.05) is 5.41 Å². The summed E-state index contributed by atoms with van der Waals surface area (Å²) in [5, 5.41) is 0. The molecule has 1 unspecified atom stereocenters. The minimum atomic E-state index is -0.573. The molecule has 1 heterocycles. The zero-order valence-electron chi connectivity index (χ0n) is 8.42. The van der Waals surface area contributed by atoms with Crippen LogP contribution in [-0.4, -0.2) is 25.3 Å². The summed E-state index contributed by atoms with van der Waals surface area (Å²) < 4.78 is 10.2. The molecule has 1 aliphatic heterocycles. The molecule has 0 aromatic carbocycles. The Hall–Kier alpha value is -0.570. The number of rotatable bonds is 3. The lowest BCUT2D eigenvalue weighted by atomic mass is 9.80. The highest BCUT2D eigenvalue weighted by molar-refractivity contribution is 5.84. The number of epoxide rings is 1. The fraction of sp³-hybridized carbons (Fsp3) is 0.900. The lowest BCUT2D eigenvalue weighted by Crippen LogP contribution is -2.39. The summed E-state index contributed by atoms with van der Waals surface area (Å²) in [6.45, 7) is 4.86. The van der Waals surface area contributed by atoms with Gasteiger partial charge >= 0.3 is 5.97 Å². The molecule has 0 radical (unpaired) electrons. The molecular formula is C10H16O3. The maximum absolute atomic E-state index is 11.5. The zero-order valence-corrected chi connectivity index (χ0v) is 8.42. The first-order chi connectivity index (χ1) is 6.09. The van der Waals surface area contributed by atoms with Crippen LogP contribution in [0.1, 0.15) is 26.7 Å². The van der Waals surface area contributed by atoms with E-state index >= 15 is 0 Å². The average Bonchev–Trinajstić information content (AvgIpc) is 2.92. The van der Waals surface area contributed by atoms with Crippen molar-refractivity contribution in [1.82, 2.24) is 0 Å². The van der Waals surface area contributed by atoms with Crippen molar-refractivity contribution in [3.63, 3.8) is 0 Å². The standard InChI is InChI=1S/C10H16O3/c1-7(2)9(4-5-9)10(6-13-10)8(11)12-3/h7H,4-6H2,1-3H3. The second kappa shape index (κ2) is 2.47. The van der Waals surface area contributed by atoms with Gasteiger partial charge in [-0.3, -0.25) is 0 Å². The Kier molecular flexibility index (Phi) is 1.71. The fourth-order valence-electron chi connectivity index (χ4n) is 2.43. The lowest BCUT2D eigenvalue weighted by molar-refractivity contribution is -0.151. The van der Waals surface area contributed by atoms with E-state index in [1.54, 1.807) is 0 Å². The maximum atomic E-state index is 11.5. The average molecular weight is 184 g/mol. The highest BCUT2D eigenvalue weighted by atomic mass is 16.6. The molecule has 1 aliphatic carbocycles. The van der Waals surface area contributed by atoms with E-state index in [0.717, 1.165) is 12.8 Å². The largest absolute Gasteiger partial charge is 0.467 e. The van der Waals surface area contributed by atoms with Crippen LogP contribution < -0.4 is 0 Å². The fourth-order valence-corrected chi connectivity index (χ4v) is 2.43. The summed E-state index contributed by atoms with van der Waals surface area (Å²) in [6.07, 6.45) is 2.19. The van der Waals surface area contributed by atoms with E-state index in [1.807, 2.05) is 0 Å². The molecule has 3 nitrogen and oxygen atoms in total. The van der Waals surface area contributed by atoms with Crippen LogP contribution in [0.15, 0.2) is 0 Å². The Morgan fingerprint density at radius 2 is 2.00 bits per heavy atom. The molecule has 1 atom stereocenters. The molecule has 1 saturated carbocycles. The lowest BCUT2D eigenvalue weighted by Gasteiger charge is -2.24. The van der Waals surface area contributed by atoms with Crippen molar-refractivity contribution in [2.45, 2.75) is 32.3 Å². The van der Waals surface area contributed by atoms with Crippen molar-refractivity contribution in [2.75, 3.05) is 13.7 Å². The molecule has 1 saturated heterocycles. The SMILES string of the molecule is COC(=O)C1(C2(C(C)C)CC2)CO1. The van der Waals surface area contributed by atoms with E-state index in [9.17, 15) is 4.79 Å². The highest BCUT2D eigenvalue weighted by Gasteiger charge is 2.73. The maximum Gasteiger partial charge on any atom is 0.341 e. The first kappa shape index (κ1) is 9.00. The van der Waals surface area contributed by atoms with Gasteiger partial charge < -0.3 is 9.47 Å². The first-order valence-corrected chi connectivity index (χ1v) is 4.81. The predicted octanol–water partition coefficient (Wildman–Crippen LogP) is 1.36. The monoisotopic (exact) mass is 184 g/mol. The number of hydrogen-bond acceptors (Lipinski definition) is 3. The van der Waals surface area contributed by atoms with Crippen LogP contribution >= 0.6 is 0 Å². The Labute approximate surface area is 78.4 Å². The van der Waals surface area contributed by atoms with Crippen LogP contribution in [0.5, 0.6) is 0 Å². The summed E-state index contributed by atoms with van der Waals surface area (Å²) in [5.74, 6) is 0.313. The molecule has 0 aromatic heterocycles. The van der Waals surface area contributed by atoms with E-state index < -0.39 is 5.60 Å². The molecule has 0 aromatic rings. The molecule has 0 bridgehead atoms. The zero-order chi connectivity index (χ0) is 9.69. The molecular weight excluding hydrogens is 168 g/mol. The minimum Gasteiger partial charge on any atom is -0.467 e. The van der Waals surface area contributed by atoms with Crippen molar-refractivity contribution in [3.8, 4) is 0 Å². The van der Waals surface area contributed by atoms with Gasteiger partial charge in [-0.2, -0.15) is 0 Å². The quantitative estimate of drug-likeness (QED) is 0.491. The van der Waals surface area contributed by atoms with Crippen molar-refractivity contribution in [1.29, 1.82) is 0 Å². The normalized spacial score (nSPS) is 34.5. The van der Waals surface area contributed by atoms with Crippen LogP contribution in [0.4, 0.5) is 0 Å². The third-order valence-corrected chi connectivity index (χ3v) is 3.65. The van der Waals surface area contributed by atoms with Gasteiger partial charge in [0.15, 0.2) is 5.60 Å². The van der Waals surface area contributed by atoms with Crippen LogP contribution in [0.3, 0.4) is 0 Å². The van der Waals surface area contributed by atoms with Crippen LogP contribution in [0.2, 0.25) is 0 Å². The smallest absolute Gasteiger partial charge is 0.341 e. The second-order valence-electron chi connectivity index (χ2n) is 4.42. The van der Waals surface area contributed by atoms with E-state index in [0.29, 0.717) is 12.5 Å². The highest BCUT2D eigenvalue weighted by Crippen LogP contribution is 2.65. The van der Waals surface area contributed by atoms with Gasteiger partial charge in [0.2, 0.25) is 0 Å². The Bertz CT molecular complexity index is 237. The van der Waals surface area contributed by atoms with Crippen LogP contribution in [0.25, 0.3) is 0 Å². The number of methoxy groups -OCH3 is 1. The van der Waals surface area contributed by atoms with Gasteiger partial charge in [0.1, 0.15) is 0 Å². The van der Waals surface area contributed by atoms with E-state index in [-0.39, 0.29) is 11.4 Å². The number of ether oxygens (including phenoxy) is 2. The summed E-state index contributed by atoms with van der Waals surface area (Å²) in [7, 11) is 1.43. The summed E-state index contributed by atoms with van der Waals surface area (Å²) in [5.41, 5.74) is -0.490. The second-order valence-corrected chi connectivity index (χ2v) is 4.42. The van der Waals surface area contributed by atoms with Crippen molar-refractivity contribution >= 4 is 5.97 Å². The van der Waals surface area contributed by atoms with Gasteiger partial charge in [-0.05, 0) is 18.8 Å². The van der Waals surface area contributed by atoms with Gasteiger partial charge in [0.25, 0.3) is 0 Å². The Morgan fingerprint density at radius 3 is 2.23 bits per heavy atom. The summed E-state index contributed by atoms with van der Waals surface area (Å²) in [6, 6.07) is 0. The summed E-state index contributed by atoms with van der Waals surface area (Å²) >= 11 is 0. The van der Waals surface area contributed by atoms with Crippen LogP contribution in [-0.2, 0) is 14.3 Å². The third-order valence-electron chi connectivity index (χ3n) is 3.65. The predicted molar refractivity (Wildman–Crippen MR) is 47.2 cm³/mol. The topological polar surface area (TPSA) is 38.8 Å². The molecule has 74 valence electrons. The minimum absolute atomic E-state index is 0.0834. The molecule has 2 rings (SSSR count). The van der Waals surface area contributed by atoms with Crippen LogP contribution in [0, 0.1) is 11.3 Å². The molecule has 13 heavy (non-hydrogen) atoms. The number of carbonyl (C=O) groups excluding carboxylic acids is 1. The molecule has 2 fully saturated rings. The third kappa shape index (κ3) is 0.966. The molecule has 3 heteroatoms. The molecule has 0 spiro atoms. The van der Waals surface area contributed by atoms with Gasteiger partial charge in [-0.25, -0.2) is 4.79 Å². The van der Waals surface area contributed by atoms with Crippen molar-refractivity contribution < 1.29 is 14.3 Å². The number of carbonyl (C=O) groups is 1. The molecule has 2 aliphatic rings. The summed E-state index contributed by atoms with van der Waals surface area (Å²) in [4.78, 5) is 11.5. The van der Waals surface area contributed by atoms with E-state index in [4.69, 9.17) is 9.47 Å². The molecule has 0 amide bonds.